The van der Waals surface area contributed by atoms with Gasteiger partial charge in [0.05, 0.1) is 10.6 Å². The van der Waals surface area contributed by atoms with E-state index < -0.39 is 11.8 Å². The van der Waals surface area contributed by atoms with Gasteiger partial charge >= 0.3 is 0 Å². The van der Waals surface area contributed by atoms with Crippen LogP contribution in [0.15, 0.2) is 45.1 Å². The van der Waals surface area contributed by atoms with Gasteiger partial charge in [-0.2, -0.15) is 5.26 Å². The number of rotatable bonds is 11. The minimum absolute atomic E-state index is 0.0901. The number of thiazole rings is 1. The van der Waals surface area contributed by atoms with Crippen molar-refractivity contribution in [2.75, 3.05) is 43.6 Å². The fourth-order valence-electron chi connectivity index (χ4n) is 4.05. The first-order chi connectivity index (χ1) is 19.1. The molecule has 1 N–H and O–H groups in total. The number of aromatic nitrogens is 1. The van der Waals surface area contributed by atoms with Gasteiger partial charge in [0.2, 0.25) is 11.0 Å². The van der Waals surface area contributed by atoms with E-state index in [1.807, 2.05) is 32.0 Å². The van der Waals surface area contributed by atoms with Crippen molar-refractivity contribution < 1.29 is 19.1 Å². The minimum atomic E-state index is -0.634. The molecule has 0 atom stereocenters. The highest BCUT2D eigenvalue weighted by molar-refractivity contribution is 7.16. The molecule has 40 heavy (non-hydrogen) atoms. The van der Waals surface area contributed by atoms with Gasteiger partial charge in [0.1, 0.15) is 22.5 Å². The van der Waals surface area contributed by atoms with E-state index in [0.717, 1.165) is 35.0 Å². The number of carbonyl (C=O) groups excluding carboxylic acids is 3. The summed E-state index contributed by atoms with van der Waals surface area (Å²) in [6.07, 6.45) is 1.94. The summed E-state index contributed by atoms with van der Waals surface area (Å²) in [6.45, 7) is 9.14. The van der Waals surface area contributed by atoms with Gasteiger partial charge in [-0.3, -0.25) is 19.3 Å². The Hall–Kier alpha value is -3.92. The fraction of sp³-hybridized carbons (Fsp3) is 0.370. The summed E-state index contributed by atoms with van der Waals surface area (Å²) < 4.78 is 5.02. The molecule has 11 nitrogen and oxygen atoms in total. The highest BCUT2D eigenvalue weighted by atomic mass is 35.5. The van der Waals surface area contributed by atoms with Crippen molar-refractivity contribution in [3.63, 3.8) is 0 Å². The molecule has 1 aromatic carbocycles. The van der Waals surface area contributed by atoms with Crippen molar-refractivity contribution in [2.45, 2.75) is 34.1 Å². The van der Waals surface area contributed by atoms with Crippen LogP contribution in [0.2, 0.25) is 5.15 Å². The number of imide groups is 1. The van der Waals surface area contributed by atoms with E-state index in [-0.39, 0.29) is 39.5 Å². The number of azo groups is 1. The number of nitrogens with zero attached hydrogens (tertiary/aromatic N) is 6. The summed E-state index contributed by atoms with van der Waals surface area (Å²) in [7, 11) is 1.53. The molecule has 0 aliphatic carbocycles. The monoisotopic (exact) mass is 583 g/mol. The Balaban J connectivity index is 1.95. The van der Waals surface area contributed by atoms with Crippen LogP contribution in [-0.4, -0.2) is 61.0 Å². The molecular weight excluding hydrogens is 554 g/mol. The topological polar surface area (TPSA) is 140 Å². The van der Waals surface area contributed by atoms with Crippen molar-refractivity contribution in [1.82, 2.24) is 9.88 Å². The fourth-order valence-corrected chi connectivity index (χ4v) is 5.07. The molecule has 0 unspecified atom stereocenters. The molecule has 0 saturated carbocycles. The van der Waals surface area contributed by atoms with Gasteiger partial charge in [-0.25, -0.2) is 4.98 Å². The predicted molar refractivity (Wildman–Crippen MR) is 155 cm³/mol. The predicted octanol–water partition coefficient (Wildman–Crippen LogP) is 5.65. The van der Waals surface area contributed by atoms with Crippen molar-refractivity contribution >= 4 is 68.9 Å². The molecule has 2 aromatic rings. The maximum Gasteiger partial charge on any atom is 0.271 e. The van der Waals surface area contributed by atoms with E-state index in [0.29, 0.717) is 29.3 Å². The summed E-state index contributed by atoms with van der Waals surface area (Å²) in [5, 5.41) is 21.2. The van der Waals surface area contributed by atoms with Crippen LogP contribution in [0.1, 0.15) is 39.0 Å². The number of hydrogen-bond acceptors (Lipinski definition) is 10. The average molecular weight is 584 g/mol. The van der Waals surface area contributed by atoms with Crippen LogP contribution in [-0.2, 0) is 19.1 Å². The van der Waals surface area contributed by atoms with Crippen LogP contribution >= 0.6 is 22.9 Å². The Morgan fingerprint density at radius 2 is 2.00 bits per heavy atom. The second kappa shape index (κ2) is 13.9. The molecule has 0 fully saturated rings. The molecular formula is C27H30ClN7O4S. The lowest BCUT2D eigenvalue weighted by Crippen LogP contribution is -2.43. The van der Waals surface area contributed by atoms with Crippen molar-refractivity contribution in [1.29, 1.82) is 5.26 Å². The number of nitriles is 1. The van der Waals surface area contributed by atoms with Crippen molar-refractivity contribution in [3.05, 3.63) is 44.9 Å². The van der Waals surface area contributed by atoms with E-state index in [2.05, 4.69) is 25.4 Å². The van der Waals surface area contributed by atoms with Gasteiger partial charge in [0.25, 0.3) is 11.8 Å². The zero-order valence-electron chi connectivity index (χ0n) is 22.9. The number of benzene rings is 1. The van der Waals surface area contributed by atoms with Gasteiger partial charge < -0.3 is 15.0 Å². The quantitative estimate of drug-likeness (QED) is 0.156. The van der Waals surface area contributed by atoms with Crippen LogP contribution in [0.25, 0.3) is 6.08 Å². The van der Waals surface area contributed by atoms with E-state index >= 15 is 0 Å². The van der Waals surface area contributed by atoms with Gasteiger partial charge in [-0.15, -0.1) is 10.2 Å². The van der Waals surface area contributed by atoms with Crippen LogP contribution in [0, 0.1) is 11.3 Å². The highest BCUT2D eigenvalue weighted by Gasteiger charge is 2.35. The normalized spacial score (nSPS) is 14.8. The van der Waals surface area contributed by atoms with Crippen LogP contribution < -0.4 is 10.2 Å². The molecule has 3 rings (SSSR count). The maximum atomic E-state index is 13.2. The SMILES string of the molecule is CCN(CC)c1ccc(N=Nc2nc(Cl)c(/C=C3\C(=O)N(CCCOC)C(=O)C(C#N)=C3C)s2)c(NC(C)=O)c1. The zero-order chi connectivity index (χ0) is 29.4. The van der Waals surface area contributed by atoms with E-state index in [9.17, 15) is 19.6 Å². The molecule has 0 spiro atoms. The summed E-state index contributed by atoms with van der Waals surface area (Å²) in [4.78, 5) is 45.5. The van der Waals surface area contributed by atoms with E-state index in [1.54, 1.807) is 13.0 Å². The standard InChI is InChI=1S/C27H30ClN7O4S/c1-6-34(7-2)18-9-10-21(22(13-18)30-17(4)36)32-33-27-31-24(28)23(40-27)14-19-16(3)20(15-29)26(38)35(25(19)37)11-8-12-39-5/h9-10,13-14H,6-8,11-12H2,1-5H3,(H,30,36)/b19-14-,33-32?. The third kappa shape index (κ3) is 6.98. The average Bonchev–Trinajstić information content (AvgIpc) is 3.27. The molecule has 210 valence electrons. The van der Waals surface area contributed by atoms with Crippen LogP contribution in [0.3, 0.4) is 0 Å². The first-order valence-electron chi connectivity index (χ1n) is 12.6. The number of nitrogens with one attached hydrogen (secondary N) is 1. The summed E-state index contributed by atoms with van der Waals surface area (Å²) in [5.41, 5.74) is 2.20. The highest BCUT2D eigenvalue weighted by Crippen LogP contribution is 2.36. The molecule has 2 heterocycles. The number of methoxy groups -OCH3 is 1. The van der Waals surface area contributed by atoms with Gasteiger partial charge in [-0.1, -0.05) is 22.9 Å². The first kappa shape index (κ1) is 30.6. The molecule has 0 radical (unpaired) electrons. The Bertz CT molecular complexity index is 1440. The number of halogens is 1. The molecule has 0 saturated heterocycles. The van der Waals surface area contributed by atoms with Crippen molar-refractivity contribution in [3.8, 4) is 6.07 Å². The van der Waals surface area contributed by atoms with Gasteiger partial charge in [-0.05, 0) is 57.0 Å². The third-order valence-electron chi connectivity index (χ3n) is 6.09. The number of amides is 3. The number of carbonyl (C=O) groups is 3. The molecule has 1 aliphatic rings. The third-order valence-corrected chi connectivity index (χ3v) is 7.38. The minimum Gasteiger partial charge on any atom is -0.385 e. The lowest BCUT2D eigenvalue weighted by molar-refractivity contribution is -0.140. The summed E-state index contributed by atoms with van der Waals surface area (Å²) in [5.74, 6) is -1.41. The smallest absolute Gasteiger partial charge is 0.271 e. The molecule has 3 amide bonds. The Kier molecular flexibility index (Phi) is 10.7. The van der Waals surface area contributed by atoms with Crippen LogP contribution in [0.5, 0.6) is 0 Å². The zero-order valence-corrected chi connectivity index (χ0v) is 24.5. The second-order valence-corrected chi connectivity index (χ2v) is 10.1. The lowest BCUT2D eigenvalue weighted by Gasteiger charge is -2.27. The summed E-state index contributed by atoms with van der Waals surface area (Å²) in [6, 6.07) is 7.40. The summed E-state index contributed by atoms with van der Waals surface area (Å²) >= 11 is 7.46. The number of ether oxygens (including phenoxy) is 1. The molecule has 1 aliphatic heterocycles. The largest absolute Gasteiger partial charge is 0.385 e. The Morgan fingerprint density at radius 3 is 2.62 bits per heavy atom. The number of hydrogen-bond donors (Lipinski definition) is 1. The molecule has 1 aromatic heterocycles. The second-order valence-electron chi connectivity index (χ2n) is 8.68. The molecule has 13 heteroatoms. The lowest BCUT2D eigenvalue weighted by atomic mass is 9.95. The first-order valence-corrected chi connectivity index (χ1v) is 13.8. The van der Waals surface area contributed by atoms with E-state index in [1.165, 1.54) is 20.1 Å². The Labute approximate surface area is 241 Å². The van der Waals surface area contributed by atoms with E-state index in [4.69, 9.17) is 16.3 Å². The number of anilines is 2. The maximum absolute atomic E-state index is 13.2. The van der Waals surface area contributed by atoms with Gasteiger partial charge in [0, 0.05) is 51.5 Å². The van der Waals surface area contributed by atoms with Crippen molar-refractivity contribution in [2.24, 2.45) is 10.2 Å². The van der Waals surface area contributed by atoms with Gasteiger partial charge in [0.15, 0.2) is 0 Å². The van der Waals surface area contributed by atoms with Crippen LogP contribution in [0.4, 0.5) is 22.2 Å². The molecule has 0 bridgehead atoms. The Morgan fingerprint density at radius 1 is 1.27 bits per heavy atom.